The van der Waals surface area contributed by atoms with Crippen molar-refractivity contribution in [3.8, 4) is 11.5 Å². The third kappa shape index (κ3) is 3.83. The second-order valence-corrected chi connectivity index (χ2v) is 5.63. The zero-order valence-electron chi connectivity index (χ0n) is 14.8. The predicted molar refractivity (Wildman–Crippen MR) is 101 cm³/mol. The molecule has 0 N–H and O–H groups in total. The Labute approximate surface area is 152 Å². The van der Waals surface area contributed by atoms with Gasteiger partial charge in [-0.25, -0.2) is 4.98 Å². The monoisotopic (exact) mass is 348 g/mol. The number of ether oxygens (including phenoxy) is 2. The van der Waals surface area contributed by atoms with Crippen molar-refractivity contribution in [1.82, 2.24) is 4.98 Å². The number of aromatic nitrogens is 1. The van der Waals surface area contributed by atoms with E-state index in [1.54, 1.807) is 36.4 Å². The van der Waals surface area contributed by atoms with Gasteiger partial charge in [0.1, 0.15) is 17.3 Å². The van der Waals surface area contributed by atoms with Crippen LogP contribution in [-0.2, 0) is 6.54 Å². The van der Waals surface area contributed by atoms with Gasteiger partial charge in [-0.05, 0) is 29.8 Å². The first kappa shape index (κ1) is 17.5. The van der Waals surface area contributed by atoms with Crippen LogP contribution in [0.5, 0.6) is 11.5 Å². The fourth-order valence-electron chi connectivity index (χ4n) is 2.66. The molecule has 1 amide bonds. The van der Waals surface area contributed by atoms with Crippen molar-refractivity contribution in [1.29, 1.82) is 0 Å². The Morgan fingerprint density at radius 3 is 2.38 bits per heavy atom. The molecule has 0 saturated heterocycles. The molecule has 0 bridgehead atoms. The number of hydrogen-bond donors (Lipinski definition) is 0. The zero-order valence-corrected chi connectivity index (χ0v) is 14.8. The summed E-state index contributed by atoms with van der Waals surface area (Å²) in [4.78, 5) is 19.3. The average molecular weight is 348 g/mol. The molecule has 0 radical (unpaired) electrons. The molecule has 3 rings (SSSR count). The minimum Gasteiger partial charge on any atom is -0.497 e. The first-order valence-corrected chi connectivity index (χ1v) is 8.22. The molecule has 3 aromatic rings. The maximum absolute atomic E-state index is 13.3. The summed E-state index contributed by atoms with van der Waals surface area (Å²) in [6.07, 6.45) is 1.67. The largest absolute Gasteiger partial charge is 0.497 e. The summed E-state index contributed by atoms with van der Waals surface area (Å²) in [6.45, 7) is 0.409. The van der Waals surface area contributed by atoms with Crippen LogP contribution in [0.3, 0.4) is 0 Å². The topological polar surface area (TPSA) is 51.7 Å². The van der Waals surface area contributed by atoms with Crippen LogP contribution in [0.2, 0.25) is 0 Å². The van der Waals surface area contributed by atoms with Crippen molar-refractivity contribution < 1.29 is 14.3 Å². The van der Waals surface area contributed by atoms with Crippen LogP contribution in [0.15, 0.2) is 72.9 Å². The Morgan fingerprint density at radius 2 is 1.73 bits per heavy atom. The summed E-state index contributed by atoms with van der Waals surface area (Å²) >= 11 is 0. The molecular formula is C21H20N2O3. The number of nitrogens with zero attached hydrogens (tertiary/aromatic N) is 2. The smallest absolute Gasteiger partial charge is 0.263 e. The standard InChI is InChI=1S/C21H20N2O3/c1-25-17-11-12-18(19(14-17)26-2)21(24)23(20-10-6-7-13-22-20)15-16-8-4-3-5-9-16/h3-14H,15H2,1-2H3. The molecule has 1 heterocycles. The highest BCUT2D eigenvalue weighted by Gasteiger charge is 2.22. The van der Waals surface area contributed by atoms with E-state index in [-0.39, 0.29) is 5.91 Å². The molecule has 0 unspecified atom stereocenters. The van der Waals surface area contributed by atoms with Gasteiger partial charge in [0.15, 0.2) is 0 Å². The normalized spacial score (nSPS) is 10.2. The van der Waals surface area contributed by atoms with Gasteiger partial charge in [0.05, 0.1) is 26.3 Å². The molecule has 0 atom stereocenters. The van der Waals surface area contributed by atoms with Gasteiger partial charge in [-0.2, -0.15) is 0 Å². The van der Waals surface area contributed by atoms with Crippen molar-refractivity contribution in [3.63, 3.8) is 0 Å². The van der Waals surface area contributed by atoms with Gasteiger partial charge < -0.3 is 9.47 Å². The van der Waals surface area contributed by atoms with Crippen LogP contribution in [0, 0.1) is 0 Å². The molecule has 0 spiro atoms. The summed E-state index contributed by atoms with van der Waals surface area (Å²) < 4.78 is 10.6. The Bertz CT molecular complexity index is 867. The highest BCUT2D eigenvalue weighted by Crippen LogP contribution is 2.27. The van der Waals surface area contributed by atoms with Crippen LogP contribution >= 0.6 is 0 Å². The molecule has 5 nitrogen and oxygen atoms in total. The Balaban J connectivity index is 2.00. The lowest BCUT2D eigenvalue weighted by molar-refractivity contribution is 0.0981. The minimum atomic E-state index is -0.188. The highest BCUT2D eigenvalue weighted by molar-refractivity contribution is 6.07. The van der Waals surface area contributed by atoms with E-state index in [9.17, 15) is 4.79 Å². The van der Waals surface area contributed by atoms with Gasteiger partial charge >= 0.3 is 0 Å². The SMILES string of the molecule is COc1ccc(C(=O)N(Cc2ccccc2)c2ccccn2)c(OC)c1. The van der Waals surface area contributed by atoms with Gasteiger partial charge in [0, 0.05) is 12.3 Å². The number of pyridine rings is 1. The van der Waals surface area contributed by atoms with Gasteiger partial charge in [0.25, 0.3) is 5.91 Å². The first-order chi connectivity index (χ1) is 12.7. The number of hydrogen-bond acceptors (Lipinski definition) is 4. The van der Waals surface area contributed by atoms with Gasteiger partial charge in [0.2, 0.25) is 0 Å². The Morgan fingerprint density at radius 1 is 0.962 bits per heavy atom. The van der Waals surface area contributed by atoms with E-state index in [1.807, 2.05) is 48.5 Å². The summed E-state index contributed by atoms with van der Waals surface area (Å²) in [5, 5.41) is 0. The van der Waals surface area contributed by atoms with Crippen LogP contribution < -0.4 is 14.4 Å². The van der Waals surface area contributed by atoms with Gasteiger partial charge in [-0.15, -0.1) is 0 Å². The van der Waals surface area contributed by atoms with E-state index in [2.05, 4.69) is 4.98 Å². The van der Waals surface area contributed by atoms with E-state index in [1.165, 1.54) is 7.11 Å². The first-order valence-electron chi connectivity index (χ1n) is 8.22. The third-order valence-corrected chi connectivity index (χ3v) is 3.99. The molecule has 0 aliphatic rings. The molecule has 1 aromatic heterocycles. The van der Waals surface area contributed by atoms with Crippen LogP contribution in [0.25, 0.3) is 0 Å². The lowest BCUT2D eigenvalue weighted by Crippen LogP contribution is -2.31. The number of methoxy groups -OCH3 is 2. The Kier molecular flexibility index (Phi) is 5.49. The van der Waals surface area contributed by atoms with E-state index in [0.717, 1.165) is 5.56 Å². The van der Waals surface area contributed by atoms with Crippen LogP contribution in [0.1, 0.15) is 15.9 Å². The molecule has 0 fully saturated rings. The number of carbonyl (C=O) groups excluding carboxylic acids is 1. The van der Waals surface area contributed by atoms with Crippen molar-refractivity contribution >= 4 is 11.7 Å². The molecular weight excluding hydrogens is 328 g/mol. The molecule has 0 aliphatic carbocycles. The third-order valence-electron chi connectivity index (χ3n) is 3.99. The van der Waals surface area contributed by atoms with Crippen molar-refractivity contribution in [3.05, 3.63) is 84.1 Å². The molecule has 26 heavy (non-hydrogen) atoms. The van der Waals surface area contributed by atoms with Gasteiger partial charge in [-0.3, -0.25) is 9.69 Å². The summed E-state index contributed by atoms with van der Waals surface area (Å²) in [7, 11) is 3.11. The highest BCUT2D eigenvalue weighted by atomic mass is 16.5. The zero-order chi connectivity index (χ0) is 18.4. The summed E-state index contributed by atoms with van der Waals surface area (Å²) in [6, 6.07) is 20.5. The predicted octanol–water partition coefficient (Wildman–Crippen LogP) is 3.95. The summed E-state index contributed by atoms with van der Waals surface area (Å²) in [5.41, 5.74) is 1.47. The molecule has 5 heteroatoms. The lowest BCUT2D eigenvalue weighted by atomic mass is 10.1. The average Bonchev–Trinajstić information content (AvgIpc) is 2.72. The number of rotatable bonds is 6. The van der Waals surface area contributed by atoms with Crippen LogP contribution in [-0.4, -0.2) is 25.1 Å². The second kappa shape index (κ2) is 8.16. The van der Waals surface area contributed by atoms with Crippen molar-refractivity contribution in [2.24, 2.45) is 0 Å². The molecule has 0 aliphatic heterocycles. The number of benzene rings is 2. The molecule has 0 saturated carbocycles. The number of anilines is 1. The fraction of sp³-hybridized carbons (Fsp3) is 0.143. The maximum atomic E-state index is 13.3. The van der Waals surface area contributed by atoms with E-state index in [4.69, 9.17) is 9.47 Å². The lowest BCUT2D eigenvalue weighted by Gasteiger charge is -2.23. The molecule has 2 aromatic carbocycles. The fourth-order valence-corrected chi connectivity index (χ4v) is 2.66. The van der Waals surface area contributed by atoms with E-state index in [0.29, 0.717) is 29.4 Å². The Hall–Kier alpha value is -3.34. The van der Waals surface area contributed by atoms with Crippen molar-refractivity contribution in [2.45, 2.75) is 6.54 Å². The maximum Gasteiger partial charge on any atom is 0.263 e. The number of carbonyl (C=O) groups is 1. The molecule has 132 valence electrons. The van der Waals surface area contributed by atoms with Crippen LogP contribution in [0.4, 0.5) is 5.82 Å². The minimum absolute atomic E-state index is 0.188. The quantitative estimate of drug-likeness (QED) is 0.677. The second-order valence-electron chi connectivity index (χ2n) is 5.63. The summed E-state index contributed by atoms with van der Waals surface area (Å²) in [5.74, 6) is 1.49. The van der Waals surface area contributed by atoms with E-state index >= 15 is 0 Å². The van der Waals surface area contributed by atoms with Gasteiger partial charge in [-0.1, -0.05) is 36.4 Å². The number of amides is 1. The van der Waals surface area contributed by atoms with Crippen molar-refractivity contribution in [2.75, 3.05) is 19.1 Å². The van der Waals surface area contributed by atoms with E-state index < -0.39 is 0 Å².